The van der Waals surface area contributed by atoms with Gasteiger partial charge in [0.2, 0.25) is 5.91 Å². The van der Waals surface area contributed by atoms with Gasteiger partial charge in [-0.2, -0.15) is 0 Å². The molecule has 3 aromatic heterocycles. The van der Waals surface area contributed by atoms with Crippen LogP contribution < -0.4 is 16.5 Å². The summed E-state index contributed by atoms with van der Waals surface area (Å²) in [4.78, 5) is 39.8. The molecule has 1 amide bonds. The van der Waals surface area contributed by atoms with Crippen LogP contribution in [-0.2, 0) is 11.3 Å². The number of anilines is 1. The fourth-order valence-electron chi connectivity index (χ4n) is 2.29. The van der Waals surface area contributed by atoms with Gasteiger partial charge in [0.15, 0.2) is 0 Å². The van der Waals surface area contributed by atoms with Crippen LogP contribution in [0.25, 0.3) is 11.0 Å². The maximum Gasteiger partial charge on any atom is 0.336 e. The topological polar surface area (TPSA) is 94.2 Å². The number of pyridine rings is 2. The number of nitrogens with one attached hydrogen (secondary N) is 1. The molecule has 0 saturated carbocycles. The fraction of sp³-hybridized carbons (Fsp3) is 0.125. The summed E-state index contributed by atoms with van der Waals surface area (Å²) in [5.74, 6) is 0.0358. The lowest BCUT2D eigenvalue weighted by molar-refractivity contribution is -0.116. The van der Waals surface area contributed by atoms with Crippen LogP contribution in [0.15, 0.2) is 56.7 Å². The molecule has 0 fully saturated rings. The van der Waals surface area contributed by atoms with Crippen molar-refractivity contribution in [2.75, 3.05) is 5.32 Å². The second-order valence-electron chi connectivity index (χ2n) is 5.00. The van der Waals surface area contributed by atoms with Gasteiger partial charge in [0.05, 0.1) is 5.39 Å². The van der Waals surface area contributed by atoms with E-state index in [0.29, 0.717) is 11.4 Å². The van der Waals surface area contributed by atoms with Crippen molar-refractivity contribution < 1.29 is 9.21 Å². The molecule has 7 heteroatoms. The number of hydrogen-bond acceptors (Lipinski definition) is 5. The van der Waals surface area contributed by atoms with Gasteiger partial charge in [-0.1, -0.05) is 6.07 Å². The smallest absolute Gasteiger partial charge is 0.336 e. The molecule has 0 radical (unpaired) electrons. The van der Waals surface area contributed by atoms with Crippen molar-refractivity contribution in [3.05, 3.63) is 69.1 Å². The highest BCUT2D eigenvalue weighted by Gasteiger charge is 2.11. The van der Waals surface area contributed by atoms with E-state index in [1.54, 1.807) is 31.3 Å². The molecule has 0 aliphatic rings. The van der Waals surface area contributed by atoms with E-state index in [2.05, 4.69) is 10.3 Å². The van der Waals surface area contributed by atoms with E-state index in [1.807, 2.05) is 0 Å². The predicted octanol–water partition coefficient (Wildman–Crippen LogP) is 1.30. The predicted molar refractivity (Wildman–Crippen MR) is 84.3 cm³/mol. The molecule has 3 aromatic rings. The highest BCUT2D eigenvalue weighted by molar-refractivity contribution is 5.89. The Morgan fingerprint density at radius 3 is 2.87 bits per heavy atom. The van der Waals surface area contributed by atoms with E-state index in [9.17, 15) is 14.4 Å². The summed E-state index contributed by atoms with van der Waals surface area (Å²) in [6, 6.07) is 7.89. The van der Waals surface area contributed by atoms with Crippen molar-refractivity contribution in [1.29, 1.82) is 0 Å². The van der Waals surface area contributed by atoms with Gasteiger partial charge < -0.3 is 14.3 Å². The lowest BCUT2D eigenvalue weighted by Crippen LogP contribution is -2.28. The fourth-order valence-corrected chi connectivity index (χ4v) is 2.29. The van der Waals surface area contributed by atoms with Crippen molar-refractivity contribution in [1.82, 2.24) is 9.55 Å². The molecule has 0 spiro atoms. The summed E-state index contributed by atoms with van der Waals surface area (Å²) in [5, 5.41) is 2.90. The number of hydrogen-bond donors (Lipinski definition) is 1. The average molecular weight is 311 g/mol. The van der Waals surface area contributed by atoms with E-state index in [4.69, 9.17) is 4.42 Å². The van der Waals surface area contributed by atoms with Crippen LogP contribution in [0.1, 0.15) is 5.56 Å². The highest BCUT2D eigenvalue weighted by Crippen LogP contribution is 2.11. The van der Waals surface area contributed by atoms with Crippen LogP contribution in [0.5, 0.6) is 0 Å². The minimum Gasteiger partial charge on any atom is -0.422 e. The zero-order valence-electron chi connectivity index (χ0n) is 12.3. The number of aromatic nitrogens is 2. The van der Waals surface area contributed by atoms with Crippen molar-refractivity contribution in [3.63, 3.8) is 0 Å². The molecule has 0 bridgehead atoms. The molecule has 3 heterocycles. The molecular formula is C16H13N3O4. The number of fused-ring (bicyclic) bond motifs is 1. The third kappa shape index (κ3) is 3.03. The third-order valence-corrected chi connectivity index (χ3v) is 3.31. The summed E-state index contributed by atoms with van der Waals surface area (Å²) < 4.78 is 6.26. The SMILES string of the molecule is Cc1cc(=O)oc2ccn(CC(=O)Nc3ccccn3)c(=O)c12. The highest BCUT2D eigenvalue weighted by atomic mass is 16.4. The Balaban J connectivity index is 1.92. The average Bonchev–Trinajstić information content (AvgIpc) is 2.50. The van der Waals surface area contributed by atoms with E-state index in [1.165, 1.54) is 22.9 Å². The van der Waals surface area contributed by atoms with E-state index in [-0.39, 0.29) is 29.0 Å². The number of rotatable bonds is 3. The molecule has 3 rings (SSSR count). The number of nitrogens with zero attached hydrogens (tertiary/aromatic N) is 2. The standard InChI is InChI=1S/C16H13N3O4/c1-10-8-14(21)23-11-5-7-19(16(22)15(10)11)9-13(20)18-12-4-2-3-6-17-12/h2-8H,9H2,1H3,(H,17,18,20). The van der Waals surface area contributed by atoms with Crippen LogP contribution in [-0.4, -0.2) is 15.5 Å². The van der Waals surface area contributed by atoms with Crippen molar-refractivity contribution in [3.8, 4) is 0 Å². The molecule has 0 aliphatic carbocycles. The monoisotopic (exact) mass is 311 g/mol. The van der Waals surface area contributed by atoms with Crippen molar-refractivity contribution in [2.24, 2.45) is 0 Å². The number of carbonyl (C=O) groups is 1. The molecule has 0 atom stereocenters. The number of aryl methyl sites for hydroxylation is 1. The minimum absolute atomic E-state index is 0.163. The molecule has 0 unspecified atom stereocenters. The number of amides is 1. The third-order valence-electron chi connectivity index (χ3n) is 3.31. The van der Waals surface area contributed by atoms with Crippen LogP contribution in [0, 0.1) is 6.92 Å². The van der Waals surface area contributed by atoms with Crippen molar-refractivity contribution >= 4 is 22.7 Å². The molecule has 23 heavy (non-hydrogen) atoms. The first-order chi connectivity index (χ1) is 11.0. The Morgan fingerprint density at radius 1 is 1.30 bits per heavy atom. The van der Waals surface area contributed by atoms with Gasteiger partial charge in [-0.3, -0.25) is 9.59 Å². The first-order valence-corrected chi connectivity index (χ1v) is 6.89. The van der Waals surface area contributed by atoms with Gasteiger partial charge in [0.25, 0.3) is 5.56 Å². The minimum atomic E-state index is -0.514. The molecule has 0 aliphatic heterocycles. The molecule has 7 nitrogen and oxygen atoms in total. The van der Waals surface area contributed by atoms with E-state index < -0.39 is 5.63 Å². The maximum atomic E-state index is 12.5. The zero-order valence-corrected chi connectivity index (χ0v) is 12.3. The summed E-state index contributed by atoms with van der Waals surface area (Å²) >= 11 is 0. The van der Waals surface area contributed by atoms with Gasteiger partial charge in [-0.25, -0.2) is 9.78 Å². The quantitative estimate of drug-likeness (QED) is 0.786. The van der Waals surface area contributed by atoms with Gasteiger partial charge >= 0.3 is 5.63 Å². The Kier molecular flexibility index (Phi) is 3.76. The molecule has 0 aromatic carbocycles. The molecule has 116 valence electrons. The lowest BCUT2D eigenvalue weighted by Gasteiger charge is -2.08. The second kappa shape index (κ2) is 5.88. The zero-order chi connectivity index (χ0) is 16.4. The Hall–Kier alpha value is -3.22. The Labute approximate surface area is 130 Å². The molecule has 0 saturated heterocycles. The first-order valence-electron chi connectivity index (χ1n) is 6.89. The van der Waals surface area contributed by atoms with Crippen molar-refractivity contribution in [2.45, 2.75) is 13.5 Å². The summed E-state index contributed by atoms with van der Waals surface area (Å²) in [7, 11) is 0. The van der Waals surface area contributed by atoms with Gasteiger partial charge in [-0.15, -0.1) is 0 Å². The Morgan fingerprint density at radius 2 is 2.13 bits per heavy atom. The first kappa shape index (κ1) is 14.7. The maximum absolute atomic E-state index is 12.5. The van der Waals surface area contributed by atoms with Crippen LogP contribution in [0.4, 0.5) is 5.82 Å². The summed E-state index contributed by atoms with van der Waals surface area (Å²) in [6.45, 7) is 1.49. The van der Waals surface area contributed by atoms with E-state index >= 15 is 0 Å². The summed E-state index contributed by atoms with van der Waals surface area (Å²) in [6.07, 6.45) is 2.98. The van der Waals surface area contributed by atoms with Crippen LogP contribution >= 0.6 is 0 Å². The number of carbonyl (C=O) groups excluding carboxylic acids is 1. The Bertz CT molecular complexity index is 990. The summed E-state index contributed by atoms with van der Waals surface area (Å²) in [5.41, 5.74) is -0.179. The van der Waals surface area contributed by atoms with Gasteiger partial charge in [0, 0.05) is 18.5 Å². The van der Waals surface area contributed by atoms with Gasteiger partial charge in [0.1, 0.15) is 17.9 Å². The van der Waals surface area contributed by atoms with Gasteiger partial charge in [-0.05, 0) is 30.7 Å². The van der Waals surface area contributed by atoms with Crippen LogP contribution in [0.2, 0.25) is 0 Å². The molecule has 1 N–H and O–H groups in total. The largest absolute Gasteiger partial charge is 0.422 e. The normalized spacial score (nSPS) is 10.7. The second-order valence-corrected chi connectivity index (χ2v) is 5.00. The van der Waals surface area contributed by atoms with E-state index in [0.717, 1.165) is 0 Å². The lowest BCUT2D eigenvalue weighted by atomic mass is 10.2. The van der Waals surface area contributed by atoms with Crippen LogP contribution in [0.3, 0.4) is 0 Å². The molecular weight excluding hydrogens is 298 g/mol.